The van der Waals surface area contributed by atoms with Gasteiger partial charge >= 0.3 is 0 Å². The normalized spacial score (nSPS) is 11.0. The smallest absolute Gasteiger partial charge is 0.270 e. The van der Waals surface area contributed by atoms with Crippen molar-refractivity contribution in [2.24, 2.45) is 0 Å². The molecule has 7 nitrogen and oxygen atoms in total. The fraction of sp³-hybridized carbons (Fsp3) is 0.176. The first-order valence-corrected chi connectivity index (χ1v) is 9.26. The summed E-state index contributed by atoms with van der Waals surface area (Å²) in [4.78, 5) is 10.2. The van der Waals surface area contributed by atoms with Crippen molar-refractivity contribution in [1.29, 1.82) is 0 Å². The van der Waals surface area contributed by atoms with Crippen molar-refractivity contribution < 1.29 is 18.1 Å². The molecule has 9 heteroatoms. The van der Waals surface area contributed by atoms with Crippen molar-refractivity contribution in [3.63, 3.8) is 0 Å². The lowest BCUT2D eigenvalue weighted by Crippen LogP contribution is -2.32. The van der Waals surface area contributed by atoms with Gasteiger partial charge in [0.1, 0.15) is 5.75 Å². The Morgan fingerprint density at radius 1 is 1.31 bits per heavy atom. The summed E-state index contributed by atoms with van der Waals surface area (Å²) in [5, 5.41) is 11.4. The molecule has 0 aromatic heterocycles. The van der Waals surface area contributed by atoms with Crippen LogP contribution in [0.3, 0.4) is 0 Å². The van der Waals surface area contributed by atoms with Gasteiger partial charge in [-0.15, -0.1) is 6.58 Å². The van der Waals surface area contributed by atoms with Gasteiger partial charge in [0.25, 0.3) is 15.7 Å². The number of benzene rings is 2. The third kappa shape index (κ3) is 3.81. The van der Waals surface area contributed by atoms with E-state index in [2.05, 4.69) is 6.58 Å². The molecule has 138 valence electrons. The fourth-order valence-electron chi connectivity index (χ4n) is 2.40. The minimum atomic E-state index is -4.13. The number of sulfonamides is 1. The highest BCUT2D eigenvalue weighted by Crippen LogP contribution is 2.36. The Bertz CT molecular complexity index is 960. The first-order chi connectivity index (χ1) is 12.2. The Morgan fingerprint density at radius 3 is 2.58 bits per heavy atom. The van der Waals surface area contributed by atoms with Gasteiger partial charge in [-0.1, -0.05) is 23.7 Å². The van der Waals surface area contributed by atoms with Gasteiger partial charge in [-0.3, -0.25) is 14.4 Å². The van der Waals surface area contributed by atoms with Crippen LogP contribution in [0.2, 0.25) is 5.02 Å². The van der Waals surface area contributed by atoms with Gasteiger partial charge in [-0.05, 0) is 30.7 Å². The van der Waals surface area contributed by atoms with Crippen LogP contribution in [-0.4, -0.2) is 27.0 Å². The lowest BCUT2D eigenvalue weighted by atomic mass is 10.2. The van der Waals surface area contributed by atoms with Crippen molar-refractivity contribution in [2.75, 3.05) is 18.0 Å². The summed E-state index contributed by atoms with van der Waals surface area (Å²) in [7, 11) is -2.73. The number of anilines is 1. The second kappa shape index (κ2) is 7.76. The quantitative estimate of drug-likeness (QED) is 0.401. The van der Waals surface area contributed by atoms with E-state index in [9.17, 15) is 18.5 Å². The van der Waals surface area contributed by atoms with Crippen LogP contribution < -0.4 is 9.04 Å². The number of nitro groups is 1. The number of hydrogen-bond donors (Lipinski definition) is 0. The van der Waals surface area contributed by atoms with Gasteiger partial charge in [-0.2, -0.15) is 0 Å². The topological polar surface area (TPSA) is 89.8 Å². The number of non-ortho nitro benzene ring substituents is 1. The highest BCUT2D eigenvalue weighted by molar-refractivity contribution is 7.93. The number of nitrogens with zero attached hydrogens (tertiary/aromatic N) is 2. The number of rotatable bonds is 7. The SMILES string of the molecule is C=CCN(c1cc(Cl)ccc1OC)S(=O)(=O)c1cc([N+](=O)[O-])ccc1C. The molecular weight excluding hydrogens is 380 g/mol. The van der Waals surface area contributed by atoms with Crippen molar-refractivity contribution >= 4 is 33.0 Å². The van der Waals surface area contributed by atoms with Gasteiger partial charge in [0.15, 0.2) is 0 Å². The molecule has 2 aromatic carbocycles. The molecule has 2 rings (SSSR count). The molecule has 0 aliphatic carbocycles. The van der Waals surface area contributed by atoms with Gasteiger partial charge in [0, 0.05) is 17.2 Å². The lowest BCUT2D eigenvalue weighted by molar-refractivity contribution is -0.385. The number of halogens is 1. The summed E-state index contributed by atoms with van der Waals surface area (Å²) in [6.07, 6.45) is 1.41. The minimum absolute atomic E-state index is 0.0683. The predicted octanol–water partition coefficient (Wildman–Crippen LogP) is 3.95. The molecule has 26 heavy (non-hydrogen) atoms. The summed E-state index contributed by atoms with van der Waals surface area (Å²) >= 11 is 6.02. The standard InChI is InChI=1S/C17H17ClN2O5S/c1-4-9-19(15-10-13(18)6-8-16(15)25-3)26(23,24)17-11-14(20(21)22)7-5-12(17)2/h4-8,10-11H,1,9H2,2-3H3. The van der Waals surface area contributed by atoms with Crippen molar-refractivity contribution in [3.8, 4) is 5.75 Å². The zero-order valence-corrected chi connectivity index (χ0v) is 15.7. The summed E-state index contributed by atoms with van der Waals surface area (Å²) in [5.41, 5.74) is 0.280. The van der Waals surface area contributed by atoms with E-state index in [1.54, 1.807) is 19.1 Å². The Kier molecular flexibility index (Phi) is 5.89. The molecular formula is C17H17ClN2O5S. The van der Waals surface area contributed by atoms with E-state index >= 15 is 0 Å². The first-order valence-electron chi connectivity index (χ1n) is 7.44. The van der Waals surface area contributed by atoms with Crippen LogP contribution in [0.4, 0.5) is 11.4 Å². The number of hydrogen-bond acceptors (Lipinski definition) is 5. The van der Waals surface area contributed by atoms with E-state index in [0.717, 1.165) is 10.4 Å². The van der Waals surface area contributed by atoms with Gasteiger partial charge in [0.2, 0.25) is 0 Å². The van der Waals surface area contributed by atoms with Crippen molar-refractivity contribution in [3.05, 3.63) is 69.8 Å². The molecule has 0 aliphatic rings. The maximum atomic E-state index is 13.3. The van der Waals surface area contributed by atoms with Crippen LogP contribution >= 0.6 is 11.6 Å². The minimum Gasteiger partial charge on any atom is -0.495 e. The number of aryl methyl sites for hydroxylation is 1. The maximum absolute atomic E-state index is 13.3. The monoisotopic (exact) mass is 396 g/mol. The van der Waals surface area contributed by atoms with Crippen LogP contribution in [0.25, 0.3) is 0 Å². The summed E-state index contributed by atoms with van der Waals surface area (Å²) < 4.78 is 32.8. The van der Waals surface area contributed by atoms with Crippen LogP contribution in [0.5, 0.6) is 5.75 Å². The van der Waals surface area contributed by atoms with Crippen molar-refractivity contribution in [1.82, 2.24) is 0 Å². The Balaban J connectivity index is 2.71. The molecule has 0 unspecified atom stereocenters. The van der Waals surface area contributed by atoms with Crippen LogP contribution in [-0.2, 0) is 10.0 Å². The Hall–Kier alpha value is -2.58. The van der Waals surface area contributed by atoms with E-state index < -0.39 is 14.9 Å². The van der Waals surface area contributed by atoms with E-state index in [1.807, 2.05) is 0 Å². The van der Waals surface area contributed by atoms with Crippen LogP contribution in [0.1, 0.15) is 5.56 Å². The summed E-state index contributed by atoms with van der Waals surface area (Å²) in [6, 6.07) is 8.26. The largest absolute Gasteiger partial charge is 0.495 e. The average molecular weight is 397 g/mol. The molecule has 0 saturated carbocycles. The van der Waals surface area contributed by atoms with Crippen LogP contribution in [0.15, 0.2) is 53.9 Å². The third-order valence-corrected chi connectivity index (χ3v) is 5.81. The van der Waals surface area contributed by atoms with Gasteiger partial charge in [0.05, 0.1) is 29.2 Å². The number of ether oxygens (including phenoxy) is 1. The van der Waals surface area contributed by atoms with Gasteiger partial charge < -0.3 is 4.74 Å². The zero-order valence-electron chi connectivity index (χ0n) is 14.2. The Morgan fingerprint density at radius 2 is 2.00 bits per heavy atom. The van der Waals surface area contributed by atoms with E-state index in [1.165, 1.54) is 31.4 Å². The molecule has 0 heterocycles. The number of methoxy groups -OCH3 is 1. The highest BCUT2D eigenvalue weighted by atomic mass is 35.5. The van der Waals surface area contributed by atoms with E-state index in [-0.39, 0.29) is 22.8 Å². The first kappa shape index (κ1) is 19.7. The lowest BCUT2D eigenvalue weighted by Gasteiger charge is -2.25. The Labute approximate surface area is 156 Å². The third-order valence-electron chi connectivity index (χ3n) is 3.66. The summed E-state index contributed by atoms with van der Waals surface area (Å²) in [6.45, 7) is 5.09. The predicted molar refractivity (Wildman–Crippen MR) is 101 cm³/mol. The molecule has 0 saturated heterocycles. The van der Waals surface area contributed by atoms with Crippen LogP contribution in [0, 0.1) is 17.0 Å². The second-order valence-corrected chi connectivity index (χ2v) is 7.62. The molecule has 0 aliphatic heterocycles. The number of nitro benzene ring substituents is 1. The highest BCUT2D eigenvalue weighted by Gasteiger charge is 2.29. The molecule has 2 aromatic rings. The average Bonchev–Trinajstić information content (AvgIpc) is 2.59. The molecule has 0 fully saturated rings. The molecule has 0 radical (unpaired) electrons. The van der Waals surface area contributed by atoms with E-state index in [4.69, 9.17) is 16.3 Å². The molecule has 0 spiro atoms. The zero-order chi connectivity index (χ0) is 19.5. The fourth-order valence-corrected chi connectivity index (χ4v) is 4.25. The molecule has 0 bridgehead atoms. The maximum Gasteiger partial charge on any atom is 0.270 e. The van der Waals surface area contributed by atoms with Gasteiger partial charge in [-0.25, -0.2) is 8.42 Å². The molecule has 0 amide bonds. The molecule has 0 N–H and O–H groups in total. The van der Waals surface area contributed by atoms with E-state index in [0.29, 0.717) is 16.3 Å². The second-order valence-electron chi connectivity index (χ2n) is 5.35. The summed E-state index contributed by atoms with van der Waals surface area (Å²) in [5.74, 6) is 0.294. The molecule has 0 atom stereocenters. The van der Waals surface area contributed by atoms with Crippen molar-refractivity contribution in [2.45, 2.75) is 11.8 Å².